The molecule has 38 heavy (non-hydrogen) atoms. The molecule has 2 amide bonds. The van der Waals surface area contributed by atoms with Crippen LogP contribution in [0.1, 0.15) is 51.2 Å². The molecule has 2 fully saturated rings. The molecule has 1 aromatic carbocycles. The van der Waals surface area contributed by atoms with Crippen LogP contribution in [0.25, 0.3) is 0 Å². The van der Waals surface area contributed by atoms with Crippen LogP contribution >= 0.6 is 0 Å². The number of amides is 2. The predicted molar refractivity (Wildman–Crippen MR) is 133 cm³/mol. The largest absolute Gasteiger partial charge is 0.477 e. The number of rotatable bonds is 5. The van der Waals surface area contributed by atoms with E-state index in [1.54, 1.807) is 26.8 Å². The van der Waals surface area contributed by atoms with E-state index in [0.29, 0.717) is 18.2 Å². The molecule has 9 nitrogen and oxygen atoms in total. The molecule has 5 rings (SSSR count). The summed E-state index contributed by atoms with van der Waals surface area (Å²) in [5.41, 5.74) is 0.765. The van der Waals surface area contributed by atoms with Crippen molar-refractivity contribution in [1.82, 2.24) is 15.1 Å². The van der Waals surface area contributed by atoms with Crippen LogP contribution in [0.3, 0.4) is 0 Å². The molecule has 1 aromatic rings. The second-order valence-corrected chi connectivity index (χ2v) is 12.0. The summed E-state index contributed by atoms with van der Waals surface area (Å²) in [7, 11) is 3.32. The number of benzene rings is 1. The number of alkyl halides is 2. The fourth-order valence-corrected chi connectivity index (χ4v) is 6.75. The van der Waals surface area contributed by atoms with Crippen molar-refractivity contribution in [1.29, 1.82) is 0 Å². The standard InChI is InChI=1S/C27H35F2N3O6/c1-25(2,3)38-23(34)30-13-26(28,29)14-32(5)24(35)36-19-9-6-15-12-17-16-7-8-18(33)22-27(16,10-11-31(17)4)20(15)21(19)37-22/h6,9,16-17,22H,7-8,10-14H2,1-5H3,(H,30,34). The van der Waals surface area contributed by atoms with Gasteiger partial charge >= 0.3 is 12.2 Å². The minimum Gasteiger partial charge on any atom is -0.477 e. The zero-order chi connectivity index (χ0) is 27.6. The number of alkyl carbamates (subject to hydrolysis) is 1. The first kappa shape index (κ1) is 26.6. The van der Waals surface area contributed by atoms with E-state index in [-0.39, 0.29) is 17.5 Å². The molecule has 2 aliphatic heterocycles. The number of likely N-dealkylation sites (tertiary alicyclic amines) is 1. The van der Waals surface area contributed by atoms with Gasteiger partial charge in [-0.05, 0) is 71.2 Å². The van der Waals surface area contributed by atoms with Crippen LogP contribution in [-0.2, 0) is 21.4 Å². The quantitative estimate of drug-likeness (QED) is 0.616. The van der Waals surface area contributed by atoms with Crippen LogP contribution in [0.4, 0.5) is 18.4 Å². The topological polar surface area (TPSA) is 97.4 Å². The lowest BCUT2D eigenvalue weighted by atomic mass is 9.52. The van der Waals surface area contributed by atoms with Gasteiger partial charge in [0.05, 0.1) is 13.1 Å². The monoisotopic (exact) mass is 535 g/mol. The van der Waals surface area contributed by atoms with Gasteiger partial charge in [-0.2, -0.15) is 0 Å². The Bertz CT molecular complexity index is 1170. The lowest BCUT2D eigenvalue weighted by molar-refractivity contribution is -0.138. The molecule has 1 N–H and O–H groups in total. The number of nitrogens with zero attached hydrogens (tertiary/aromatic N) is 2. The number of hydrogen-bond acceptors (Lipinski definition) is 7. The zero-order valence-corrected chi connectivity index (χ0v) is 22.4. The molecular weight excluding hydrogens is 500 g/mol. The third kappa shape index (κ3) is 4.48. The summed E-state index contributed by atoms with van der Waals surface area (Å²) in [6, 6.07) is 3.84. The molecule has 1 spiro atoms. The SMILES string of the molecule is CN(CC(F)(F)CNC(=O)OC(C)(C)C)C(=O)Oc1ccc2c3c1OC1C(=O)CCC4C(C2)N(C)CCC314. The van der Waals surface area contributed by atoms with Gasteiger partial charge in [0.1, 0.15) is 5.60 Å². The maximum absolute atomic E-state index is 14.5. The summed E-state index contributed by atoms with van der Waals surface area (Å²) in [6.07, 6.45) is 0.263. The zero-order valence-electron chi connectivity index (χ0n) is 22.4. The van der Waals surface area contributed by atoms with E-state index in [1.807, 2.05) is 11.4 Å². The molecule has 4 atom stereocenters. The van der Waals surface area contributed by atoms with Crippen molar-refractivity contribution in [2.24, 2.45) is 5.92 Å². The van der Waals surface area contributed by atoms with E-state index in [1.165, 1.54) is 7.05 Å². The van der Waals surface area contributed by atoms with Crippen molar-refractivity contribution < 1.29 is 37.4 Å². The summed E-state index contributed by atoms with van der Waals surface area (Å²) in [5.74, 6) is -2.59. The third-order valence-corrected chi connectivity index (χ3v) is 8.24. The summed E-state index contributed by atoms with van der Waals surface area (Å²) in [6.45, 7) is 3.73. The van der Waals surface area contributed by atoms with Gasteiger partial charge in [0.15, 0.2) is 23.4 Å². The lowest BCUT2D eigenvalue weighted by Crippen LogP contribution is -2.65. The van der Waals surface area contributed by atoms with Crippen LogP contribution < -0.4 is 14.8 Å². The number of nitrogens with one attached hydrogen (secondary N) is 1. The molecule has 2 bridgehead atoms. The third-order valence-electron chi connectivity index (χ3n) is 8.24. The van der Waals surface area contributed by atoms with Gasteiger partial charge in [-0.1, -0.05) is 6.07 Å². The highest BCUT2D eigenvalue weighted by molar-refractivity contribution is 5.89. The van der Waals surface area contributed by atoms with Gasteiger partial charge in [0.2, 0.25) is 0 Å². The number of carbonyl (C=O) groups excluding carboxylic acids is 3. The Morgan fingerprint density at radius 3 is 2.74 bits per heavy atom. The second kappa shape index (κ2) is 9.07. The smallest absolute Gasteiger partial charge is 0.415 e. The highest BCUT2D eigenvalue weighted by atomic mass is 19.3. The number of halogens is 2. The molecule has 1 saturated carbocycles. The molecule has 208 valence electrons. The molecule has 2 aliphatic carbocycles. The summed E-state index contributed by atoms with van der Waals surface area (Å²) >= 11 is 0. The van der Waals surface area contributed by atoms with Crippen molar-refractivity contribution in [3.05, 3.63) is 23.3 Å². The molecule has 4 aliphatic rings. The second-order valence-electron chi connectivity index (χ2n) is 12.0. The van der Waals surface area contributed by atoms with Crippen LogP contribution in [0, 0.1) is 5.92 Å². The van der Waals surface area contributed by atoms with Crippen molar-refractivity contribution in [3.63, 3.8) is 0 Å². The number of Topliss-reactive ketones (excluding diaryl/α,β-unsaturated/α-hetero) is 1. The van der Waals surface area contributed by atoms with Gasteiger partial charge in [-0.15, -0.1) is 0 Å². The Hall–Kier alpha value is -2.95. The number of hydrogen-bond donors (Lipinski definition) is 1. The van der Waals surface area contributed by atoms with Gasteiger partial charge in [-0.25, -0.2) is 18.4 Å². The fourth-order valence-electron chi connectivity index (χ4n) is 6.75. The van der Waals surface area contributed by atoms with Crippen LogP contribution in [-0.4, -0.2) is 85.2 Å². The van der Waals surface area contributed by atoms with E-state index < -0.39 is 48.3 Å². The normalized spacial score (nSPS) is 27.8. The number of ketones is 1. The first-order chi connectivity index (χ1) is 17.7. The molecule has 0 radical (unpaired) electrons. The van der Waals surface area contributed by atoms with Crippen molar-refractivity contribution in [2.45, 2.75) is 75.5 Å². The molecule has 11 heteroatoms. The van der Waals surface area contributed by atoms with Crippen molar-refractivity contribution in [2.75, 3.05) is 33.7 Å². The lowest BCUT2D eigenvalue weighted by Gasteiger charge is -2.57. The maximum atomic E-state index is 14.5. The minimum absolute atomic E-state index is 0.0557. The predicted octanol–water partition coefficient (Wildman–Crippen LogP) is 3.52. The first-order valence-corrected chi connectivity index (χ1v) is 13.1. The van der Waals surface area contributed by atoms with Crippen molar-refractivity contribution >= 4 is 18.0 Å². The summed E-state index contributed by atoms with van der Waals surface area (Å²) in [5, 5.41) is 2.03. The van der Waals surface area contributed by atoms with Gasteiger partial charge < -0.3 is 29.3 Å². The summed E-state index contributed by atoms with van der Waals surface area (Å²) in [4.78, 5) is 40.7. The van der Waals surface area contributed by atoms with E-state index in [9.17, 15) is 23.2 Å². The van der Waals surface area contributed by atoms with E-state index in [4.69, 9.17) is 14.2 Å². The van der Waals surface area contributed by atoms with E-state index >= 15 is 0 Å². The highest BCUT2D eigenvalue weighted by Gasteiger charge is 2.65. The van der Waals surface area contributed by atoms with Crippen LogP contribution in [0.15, 0.2) is 12.1 Å². The van der Waals surface area contributed by atoms with E-state index in [2.05, 4.69) is 11.9 Å². The average Bonchev–Trinajstić information content (AvgIpc) is 3.17. The Morgan fingerprint density at radius 1 is 1.29 bits per heavy atom. The van der Waals surface area contributed by atoms with Gasteiger partial charge in [-0.3, -0.25) is 4.79 Å². The summed E-state index contributed by atoms with van der Waals surface area (Å²) < 4.78 is 45.9. The Kier molecular flexibility index (Phi) is 6.36. The number of likely N-dealkylation sites (N-methyl/N-ethyl adjacent to an activating group) is 1. The van der Waals surface area contributed by atoms with E-state index in [0.717, 1.165) is 41.8 Å². The molecule has 1 saturated heterocycles. The molecule has 4 unspecified atom stereocenters. The number of piperidine rings is 1. The Labute approximate surface area is 220 Å². The van der Waals surface area contributed by atoms with Gasteiger partial charge in [0, 0.05) is 30.5 Å². The highest BCUT2D eigenvalue weighted by Crippen LogP contribution is 2.63. The minimum atomic E-state index is -3.43. The fraction of sp³-hybridized carbons (Fsp3) is 0.667. The van der Waals surface area contributed by atoms with Crippen LogP contribution in [0.5, 0.6) is 11.5 Å². The maximum Gasteiger partial charge on any atom is 0.415 e. The first-order valence-electron chi connectivity index (χ1n) is 13.1. The van der Waals surface area contributed by atoms with Crippen molar-refractivity contribution in [3.8, 4) is 11.5 Å². The molecule has 2 heterocycles. The Morgan fingerprint density at radius 2 is 2.03 bits per heavy atom. The average molecular weight is 536 g/mol. The number of carbonyl (C=O) groups is 3. The van der Waals surface area contributed by atoms with Gasteiger partial charge in [0.25, 0.3) is 5.92 Å². The molecule has 0 aromatic heterocycles. The number of ether oxygens (including phenoxy) is 3. The van der Waals surface area contributed by atoms with Crippen LogP contribution in [0.2, 0.25) is 0 Å². The molecular formula is C27H35F2N3O6. The Balaban J connectivity index is 1.32.